The fraction of sp³-hybridized carbons (Fsp3) is 1.00. The molecule has 3 unspecified atom stereocenters. The molecular weight excluding hydrogens is 217 g/mol. The topological polar surface area (TPSA) is 24.1 Å². The van der Waals surface area contributed by atoms with E-state index in [1.165, 1.54) is 19.3 Å². The van der Waals surface area contributed by atoms with Crippen LogP contribution in [0.5, 0.6) is 0 Å². The molecule has 0 spiro atoms. The number of hydrogen-bond donors (Lipinski definition) is 2. The molecule has 0 saturated carbocycles. The summed E-state index contributed by atoms with van der Waals surface area (Å²) >= 11 is 0. The molecule has 0 aromatic rings. The van der Waals surface area contributed by atoms with Gasteiger partial charge in [0.15, 0.2) is 0 Å². The van der Waals surface area contributed by atoms with E-state index >= 15 is 0 Å². The van der Waals surface area contributed by atoms with Crippen LogP contribution in [-0.2, 0) is 0 Å². The normalized spacial score (nSPS) is 33.6. The molecule has 2 aliphatic heterocycles. The lowest BCUT2D eigenvalue weighted by Gasteiger charge is -2.20. The highest BCUT2D eigenvalue weighted by molar-refractivity contribution is 4.97. The van der Waals surface area contributed by atoms with Gasteiger partial charge in [0.25, 0.3) is 0 Å². The molecule has 2 nitrogen and oxygen atoms in total. The molecule has 3 atom stereocenters. The Balaban J connectivity index is 1.52. The van der Waals surface area contributed by atoms with E-state index in [0.29, 0.717) is 24.5 Å². The molecule has 2 heterocycles. The first-order valence-corrected chi connectivity index (χ1v) is 6.08. The molecule has 2 N–H and O–H groups in total. The van der Waals surface area contributed by atoms with Crippen molar-refractivity contribution >= 4 is 0 Å². The molecule has 0 amide bonds. The average molecular weight is 236 g/mol. The second-order valence-corrected chi connectivity index (χ2v) is 4.97. The Kier molecular flexibility index (Phi) is 3.74. The van der Waals surface area contributed by atoms with Crippen LogP contribution in [0.25, 0.3) is 0 Å². The van der Waals surface area contributed by atoms with Crippen LogP contribution in [-0.4, -0.2) is 31.3 Å². The molecule has 0 aromatic carbocycles. The second kappa shape index (κ2) is 4.92. The van der Waals surface area contributed by atoms with Gasteiger partial charge in [0.2, 0.25) is 0 Å². The molecule has 2 rings (SSSR count). The van der Waals surface area contributed by atoms with Gasteiger partial charge in [-0.2, -0.15) is 13.2 Å². The Morgan fingerprint density at radius 1 is 1.25 bits per heavy atom. The number of fused-ring (bicyclic) bond motifs is 2. The standard InChI is InChI=1S/C11H19F3N2/c12-11(13,14)4-1-5-15-7-8-6-9-2-3-10(8)16-9/h8-10,15-16H,1-7H2. The molecule has 2 aliphatic rings. The first-order valence-electron chi connectivity index (χ1n) is 6.08. The summed E-state index contributed by atoms with van der Waals surface area (Å²) in [4.78, 5) is 0. The van der Waals surface area contributed by atoms with E-state index in [1.54, 1.807) is 0 Å². The van der Waals surface area contributed by atoms with Gasteiger partial charge in [0.1, 0.15) is 0 Å². The molecule has 2 saturated heterocycles. The molecule has 0 aliphatic carbocycles. The molecule has 0 aromatic heterocycles. The first-order chi connectivity index (χ1) is 7.54. The van der Waals surface area contributed by atoms with Gasteiger partial charge in [-0.1, -0.05) is 0 Å². The third-order valence-corrected chi connectivity index (χ3v) is 3.65. The number of halogens is 3. The quantitative estimate of drug-likeness (QED) is 0.714. The largest absolute Gasteiger partial charge is 0.389 e. The Morgan fingerprint density at radius 3 is 2.62 bits per heavy atom. The van der Waals surface area contributed by atoms with E-state index in [4.69, 9.17) is 0 Å². The monoisotopic (exact) mass is 236 g/mol. The van der Waals surface area contributed by atoms with Gasteiger partial charge in [-0.25, -0.2) is 0 Å². The van der Waals surface area contributed by atoms with Crippen molar-refractivity contribution in [1.82, 2.24) is 10.6 Å². The van der Waals surface area contributed by atoms with Crippen LogP contribution in [0.2, 0.25) is 0 Å². The zero-order chi connectivity index (χ0) is 11.6. The van der Waals surface area contributed by atoms with Crippen molar-refractivity contribution in [2.75, 3.05) is 13.1 Å². The molecule has 2 bridgehead atoms. The van der Waals surface area contributed by atoms with Crippen molar-refractivity contribution in [2.45, 2.75) is 50.4 Å². The van der Waals surface area contributed by atoms with Gasteiger partial charge in [-0.15, -0.1) is 0 Å². The van der Waals surface area contributed by atoms with Crippen molar-refractivity contribution in [2.24, 2.45) is 5.92 Å². The van der Waals surface area contributed by atoms with Crippen LogP contribution in [0, 0.1) is 5.92 Å². The fourth-order valence-electron chi connectivity index (χ4n) is 2.86. The zero-order valence-corrected chi connectivity index (χ0v) is 9.32. The van der Waals surface area contributed by atoms with Crippen LogP contribution in [0.3, 0.4) is 0 Å². The zero-order valence-electron chi connectivity index (χ0n) is 9.32. The van der Waals surface area contributed by atoms with Crippen LogP contribution >= 0.6 is 0 Å². The SMILES string of the molecule is FC(F)(F)CCCNCC1CC2CCC1N2. The maximum atomic E-state index is 11.9. The third-order valence-electron chi connectivity index (χ3n) is 3.65. The van der Waals surface area contributed by atoms with Crippen molar-refractivity contribution < 1.29 is 13.2 Å². The van der Waals surface area contributed by atoms with Crippen molar-refractivity contribution in [3.8, 4) is 0 Å². The lowest BCUT2D eigenvalue weighted by atomic mass is 9.89. The van der Waals surface area contributed by atoms with Crippen LogP contribution in [0.15, 0.2) is 0 Å². The van der Waals surface area contributed by atoms with Gasteiger partial charge < -0.3 is 10.6 Å². The summed E-state index contributed by atoms with van der Waals surface area (Å²) in [7, 11) is 0. The van der Waals surface area contributed by atoms with Crippen molar-refractivity contribution in [3.63, 3.8) is 0 Å². The highest BCUT2D eigenvalue weighted by atomic mass is 19.4. The van der Waals surface area contributed by atoms with Gasteiger partial charge in [-0.05, 0) is 44.7 Å². The summed E-state index contributed by atoms with van der Waals surface area (Å²) in [5.41, 5.74) is 0. The third kappa shape index (κ3) is 3.35. The fourth-order valence-corrected chi connectivity index (χ4v) is 2.86. The molecule has 94 valence electrons. The molecule has 5 heteroatoms. The predicted molar refractivity (Wildman–Crippen MR) is 56.2 cm³/mol. The predicted octanol–water partition coefficient (Wildman–Crippen LogP) is 2.06. The van der Waals surface area contributed by atoms with Gasteiger partial charge in [0.05, 0.1) is 0 Å². The Hall–Kier alpha value is -0.290. The maximum absolute atomic E-state index is 11.9. The van der Waals surface area contributed by atoms with Crippen molar-refractivity contribution in [1.29, 1.82) is 0 Å². The minimum Gasteiger partial charge on any atom is -0.316 e. The van der Waals surface area contributed by atoms with Crippen LogP contribution < -0.4 is 10.6 Å². The maximum Gasteiger partial charge on any atom is 0.389 e. The van der Waals surface area contributed by atoms with E-state index in [2.05, 4.69) is 10.6 Å². The molecular formula is C11H19F3N2. The van der Waals surface area contributed by atoms with Crippen molar-refractivity contribution in [3.05, 3.63) is 0 Å². The van der Waals surface area contributed by atoms with E-state index in [1.807, 2.05) is 0 Å². The molecule has 2 fully saturated rings. The average Bonchev–Trinajstić information content (AvgIpc) is 2.76. The van der Waals surface area contributed by atoms with E-state index in [-0.39, 0.29) is 6.42 Å². The Bertz CT molecular complexity index is 230. The smallest absolute Gasteiger partial charge is 0.316 e. The second-order valence-electron chi connectivity index (χ2n) is 4.97. The van der Waals surface area contributed by atoms with Crippen LogP contribution in [0.1, 0.15) is 32.1 Å². The summed E-state index contributed by atoms with van der Waals surface area (Å²) < 4.78 is 35.6. The Morgan fingerprint density at radius 2 is 2.06 bits per heavy atom. The van der Waals surface area contributed by atoms with E-state index in [0.717, 1.165) is 6.54 Å². The van der Waals surface area contributed by atoms with E-state index < -0.39 is 12.6 Å². The molecule has 16 heavy (non-hydrogen) atoms. The van der Waals surface area contributed by atoms with E-state index in [9.17, 15) is 13.2 Å². The first kappa shape index (κ1) is 12.2. The number of rotatable bonds is 5. The lowest BCUT2D eigenvalue weighted by Crippen LogP contribution is -2.32. The summed E-state index contributed by atoms with van der Waals surface area (Å²) in [5.74, 6) is 0.629. The van der Waals surface area contributed by atoms with Gasteiger partial charge >= 0.3 is 6.18 Å². The minimum atomic E-state index is -4.00. The molecule has 0 radical (unpaired) electrons. The van der Waals surface area contributed by atoms with Crippen LogP contribution in [0.4, 0.5) is 13.2 Å². The number of nitrogens with one attached hydrogen (secondary N) is 2. The van der Waals surface area contributed by atoms with Gasteiger partial charge in [-0.3, -0.25) is 0 Å². The number of hydrogen-bond acceptors (Lipinski definition) is 2. The summed E-state index contributed by atoms with van der Waals surface area (Å²) in [6.45, 7) is 1.35. The Labute approximate surface area is 94.0 Å². The lowest BCUT2D eigenvalue weighted by molar-refractivity contribution is -0.135. The summed E-state index contributed by atoms with van der Waals surface area (Å²) in [6, 6.07) is 1.28. The highest BCUT2D eigenvalue weighted by Gasteiger charge is 2.38. The highest BCUT2D eigenvalue weighted by Crippen LogP contribution is 2.32. The van der Waals surface area contributed by atoms with Gasteiger partial charge in [0, 0.05) is 18.5 Å². The summed E-state index contributed by atoms with van der Waals surface area (Å²) in [6.07, 6.45) is -0.784. The number of alkyl halides is 3. The summed E-state index contributed by atoms with van der Waals surface area (Å²) in [5, 5.41) is 6.67. The minimum absolute atomic E-state index is 0.192.